The molecule has 0 spiro atoms. The number of amides is 2. The van der Waals surface area contributed by atoms with Crippen LogP contribution in [0.5, 0.6) is 0 Å². The van der Waals surface area contributed by atoms with Gasteiger partial charge in [-0.05, 0) is 19.3 Å². The van der Waals surface area contributed by atoms with Crippen molar-refractivity contribution in [2.45, 2.75) is 82.8 Å². The molecule has 1 aliphatic heterocycles. The Hall–Kier alpha value is -0.990. The smallest absolute Gasteiger partial charge is 0.391 e. The van der Waals surface area contributed by atoms with Crippen LogP contribution in [0.25, 0.3) is 0 Å². The van der Waals surface area contributed by atoms with E-state index in [1.165, 1.54) is 0 Å². The maximum absolute atomic E-state index is 12.4. The molecule has 0 saturated carbocycles. The minimum absolute atomic E-state index is 0.0606. The highest BCUT2D eigenvalue weighted by Crippen LogP contribution is 2.42. The fraction of sp³-hybridized carbons (Fsp3) is 0.895. The van der Waals surface area contributed by atoms with Gasteiger partial charge in [0.15, 0.2) is 0 Å². The summed E-state index contributed by atoms with van der Waals surface area (Å²) in [7, 11) is -1.36. The Morgan fingerprint density at radius 1 is 1.07 bits per heavy atom. The van der Waals surface area contributed by atoms with Crippen molar-refractivity contribution >= 4 is 19.6 Å². The average Bonchev–Trinajstić information content (AvgIpc) is 3.08. The largest absolute Gasteiger partial charge is 0.471 e. The summed E-state index contributed by atoms with van der Waals surface area (Å²) < 4.78 is 20.7. The van der Waals surface area contributed by atoms with E-state index in [9.17, 15) is 24.2 Å². The highest BCUT2D eigenvalue weighted by atomic mass is 31.2. The van der Waals surface area contributed by atoms with Gasteiger partial charge in [0.25, 0.3) is 0 Å². The van der Waals surface area contributed by atoms with Gasteiger partial charge in [-0.25, -0.2) is 4.57 Å². The number of unbranched alkanes of at least 4 members (excludes halogenated alkanes) is 7. The van der Waals surface area contributed by atoms with E-state index in [2.05, 4.69) is 9.84 Å². The third-order valence-corrected chi connectivity index (χ3v) is 6.13. The quantitative estimate of drug-likeness (QED) is 0.266. The summed E-state index contributed by atoms with van der Waals surface area (Å²) in [6.07, 6.45) is 8.88. The van der Waals surface area contributed by atoms with Crippen LogP contribution in [0, 0.1) is 0 Å². The van der Waals surface area contributed by atoms with Crippen molar-refractivity contribution in [2.24, 2.45) is 0 Å². The number of β-amino-alcohol motifs (C(OH)–C–C–N with tert-alkyl or cyclic N) is 1. The Bertz CT molecular complexity index is 547. The zero-order chi connectivity index (χ0) is 21.7. The topological polar surface area (TPSA) is 125 Å². The third-order valence-electron chi connectivity index (χ3n) is 5.20. The van der Waals surface area contributed by atoms with Gasteiger partial charge in [0.2, 0.25) is 11.8 Å². The zero-order valence-electron chi connectivity index (χ0n) is 17.7. The summed E-state index contributed by atoms with van der Waals surface area (Å²) in [4.78, 5) is 34.4. The lowest BCUT2D eigenvalue weighted by Gasteiger charge is -2.24. The van der Waals surface area contributed by atoms with Gasteiger partial charge in [-0.3, -0.25) is 18.6 Å². The van der Waals surface area contributed by atoms with E-state index in [0.29, 0.717) is 19.3 Å². The predicted octanol–water partition coefficient (Wildman–Crippen LogP) is 2.36. The third kappa shape index (κ3) is 11.1. The lowest BCUT2D eigenvalue weighted by Crippen LogP contribution is -2.38. The number of hydrogen-bond acceptors (Lipinski definition) is 6. The second-order valence-electron chi connectivity index (χ2n) is 7.54. The van der Waals surface area contributed by atoms with Crippen LogP contribution in [-0.2, 0) is 23.2 Å². The van der Waals surface area contributed by atoms with Crippen LogP contribution in [-0.4, -0.2) is 66.2 Å². The Morgan fingerprint density at radius 3 is 2.17 bits per heavy atom. The second kappa shape index (κ2) is 14.1. The van der Waals surface area contributed by atoms with E-state index < -0.39 is 20.0 Å². The Morgan fingerprint density at radius 2 is 1.62 bits per heavy atom. The fourth-order valence-electron chi connectivity index (χ4n) is 3.48. The number of aliphatic hydroxyl groups is 1. The molecule has 29 heavy (non-hydrogen) atoms. The van der Waals surface area contributed by atoms with E-state index in [0.717, 1.165) is 58.5 Å². The van der Waals surface area contributed by atoms with E-state index in [1.54, 1.807) is 11.9 Å². The van der Waals surface area contributed by atoms with Crippen molar-refractivity contribution in [3.8, 4) is 0 Å². The number of carbonyl (C=O) groups excluding carboxylic acids is 2. The molecule has 1 fully saturated rings. The Kier molecular flexibility index (Phi) is 12.7. The maximum atomic E-state index is 12.4. The van der Waals surface area contributed by atoms with Crippen molar-refractivity contribution < 1.29 is 33.2 Å². The first kappa shape index (κ1) is 26.0. The predicted molar refractivity (Wildman–Crippen MR) is 109 cm³/mol. The van der Waals surface area contributed by atoms with Crippen molar-refractivity contribution in [1.29, 1.82) is 0 Å². The lowest BCUT2D eigenvalue weighted by molar-refractivity contribution is -0.133. The molecule has 1 saturated heterocycles. The number of phosphoric acid groups is 1. The van der Waals surface area contributed by atoms with Gasteiger partial charge in [-0.15, -0.1) is 0 Å². The maximum Gasteiger partial charge on any atom is 0.471 e. The Balaban J connectivity index is 2.13. The molecule has 1 aliphatic rings. The zero-order valence-corrected chi connectivity index (χ0v) is 18.6. The first-order valence-corrected chi connectivity index (χ1v) is 12.0. The van der Waals surface area contributed by atoms with Crippen LogP contribution < -0.4 is 5.32 Å². The molecular formula is C19H37N2O7P. The molecule has 0 radical (unpaired) electrons. The van der Waals surface area contributed by atoms with E-state index in [1.807, 2.05) is 0 Å². The van der Waals surface area contributed by atoms with Crippen molar-refractivity contribution in [3.05, 3.63) is 0 Å². The molecule has 0 aromatic carbocycles. The number of nitrogens with zero attached hydrogens (tertiary/aromatic N) is 1. The standard InChI is InChI=1S/C19H37N2O7P/c1-20-18(23)11-9-7-5-3-4-6-8-10-12-19(24)21-14-17(22)13-16(21)15-28-29(25,26)27-2/h16-17,22H,3-15H2,1-2H3,(H,20,23)(H,25,26)/t16-,17+/m0/s1. The number of hydrogen-bond donors (Lipinski definition) is 3. The number of aliphatic hydroxyl groups excluding tert-OH is 1. The molecule has 0 aliphatic carbocycles. The van der Waals surface area contributed by atoms with Gasteiger partial charge < -0.3 is 20.2 Å². The van der Waals surface area contributed by atoms with Gasteiger partial charge in [-0.1, -0.05) is 38.5 Å². The van der Waals surface area contributed by atoms with Gasteiger partial charge in [-0.2, -0.15) is 0 Å². The molecule has 1 rings (SSSR count). The number of carbonyl (C=O) groups is 2. The average molecular weight is 436 g/mol. The minimum atomic E-state index is -4.09. The van der Waals surface area contributed by atoms with E-state index in [-0.39, 0.29) is 25.0 Å². The van der Waals surface area contributed by atoms with Gasteiger partial charge in [0.1, 0.15) is 0 Å². The molecule has 2 amide bonds. The van der Waals surface area contributed by atoms with Crippen LogP contribution in [0.3, 0.4) is 0 Å². The highest BCUT2D eigenvalue weighted by molar-refractivity contribution is 7.47. The minimum Gasteiger partial charge on any atom is -0.391 e. The molecular weight excluding hydrogens is 399 g/mol. The number of likely N-dealkylation sites (tertiary alicyclic amines) is 1. The van der Waals surface area contributed by atoms with Crippen LogP contribution in [0.4, 0.5) is 0 Å². The van der Waals surface area contributed by atoms with Crippen LogP contribution in [0.15, 0.2) is 0 Å². The second-order valence-corrected chi connectivity index (χ2v) is 9.10. The molecule has 170 valence electrons. The van der Waals surface area contributed by atoms with Crippen molar-refractivity contribution in [2.75, 3.05) is 27.3 Å². The number of phosphoric ester groups is 1. The summed E-state index contributed by atoms with van der Waals surface area (Å²) in [6, 6.07) is -0.414. The molecule has 1 heterocycles. The summed E-state index contributed by atoms with van der Waals surface area (Å²) in [5, 5.41) is 12.5. The van der Waals surface area contributed by atoms with Crippen LogP contribution in [0.1, 0.15) is 70.6 Å². The molecule has 1 unspecified atom stereocenters. The number of nitrogens with one attached hydrogen (secondary N) is 1. The molecule has 0 aromatic heterocycles. The summed E-state index contributed by atoms with van der Waals surface area (Å²) >= 11 is 0. The van der Waals surface area contributed by atoms with Crippen molar-refractivity contribution in [3.63, 3.8) is 0 Å². The molecule has 3 atom stereocenters. The Labute approximate surface area is 173 Å². The highest BCUT2D eigenvalue weighted by Gasteiger charge is 2.35. The SMILES string of the molecule is CNC(=O)CCCCCCCCCCC(=O)N1C[C@H](O)C[C@H]1COP(=O)(O)OC. The first-order valence-electron chi connectivity index (χ1n) is 10.5. The summed E-state index contributed by atoms with van der Waals surface area (Å²) in [5.74, 6) is 0.0348. The molecule has 9 nitrogen and oxygen atoms in total. The van der Waals surface area contributed by atoms with Gasteiger partial charge >= 0.3 is 7.82 Å². The fourth-order valence-corrected chi connectivity index (χ4v) is 3.95. The van der Waals surface area contributed by atoms with E-state index in [4.69, 9.17) is 4.52 Å². The van der Waals surface area contributed by atoms with Crippen LogP contribution in [0.2, 0.25) is 0 Å². The van der Waals surface area contributed by atoms with Crippen molar-refractivity contribution in [1.82, 2.24) is 10.2 Å². The molecule has 3 N–H and O–H groups in total. The molecule has 0 bridgehead atoms. The molecule has 0 aromatic rings. The van der Waals surface area contributed by atoms with Crippen LogP contribution >= 0.6 is 7.82 Å². The number of rotatable bonds is 15. The normalized spacial score (nSPS) is 21.2. The lowest BCUT2D eigenvalue weighted by atomic mass is 10.1. The summed E-state index contributed by atoms with van der Waals surface area (Å²) in [5.41, 5.74) is 0. The van der Waals surface area contributed by atoms with E-state index >= 15 is 0 Å². The molecule has 10 heteroatoms. The van der Waals surface area contributed by atoms with Gasteiger partial charge in [0, 0.05) is 33.5 Å². The summed E-state index contributed by atoms with van der Waals surface area (Å²) in [6.45, 7) is 0.0932. The monoisotopic (exact) mass is 436 g/mol. The van der Waals surface area contributed by atoms with Gasteiger partial charge in [0.05, 0.1) is 18.8 Å². The first-order chi connectivity index (χ1) is 13.8.